The van der Waals surface area contributed by atoms with Gasteiger partial charge in [0.1, 0.15) is 0 Å². The first-order valence-electron chi connectivity index (χ1n) is 5.74. The average Bonchev–Trinajstić information content (AvgIpc) is 2.36. The molecule has 0 spiro atoms. The second kappa shape index (κ2) is 7.20. The van der Waals surface area contributed by atoms with E-state index < -0.39 is 65.9 Å². The van der Waals surface area contributed by atoms with Crippen molar-refractivity contribution < 1.29 is 59.4 Å². The molecule has 0 amide bonds. The molecule has 0 saturated heterocycles. The molecule has 0 bridgehead atoms. The van der Waals surface area contributed by atoms with Crippen molar-refractivity contribution in [3.8, 4) is 0 Å². The lowest BCUT2D eigenvalue weighted by molar-refractivity contribution is -0.171. The summed E-state index contributed by atoms with van der Waals surface area (Å²) in [5.41, 5.74) is -3.22. The molecule has 0 aliphatic carbocycles. The maximum Gasteiger partial charge on any atom is 0.321 e. The van der Waals surface area contributed by atoms with Gasteiger partial charge in [-0.3, -0.25) is 28.8 Å². The molecule has 0 fully saturated rings. The molecule has 128 valence electrons. The van der Waals surface area contributed by atoms with Crippen LogP contribution < -0.4 is 0 Å². The van der Waals surface area contributed by atoms with Gasteiger partial charge in [0.15, 0.2) is 17.3 Å². The number of carboxylic acid groups (broad SMARTS) is 6. The molecule has 0 aromatic heterocycles. The normalized spacial score (nSPS) is 11.2. The molecule has 0 aliphatic heterocycles. The van der Waals surface area contributed by atoms with Gasteiger partial charge in [-0.1, -0.05) is 0 Å². The Kier molecular flexibility index (Phi) is 6.20. The van der Waals surface area contributed by atoms with Crippen molar-refractivity contribution in [1.29, 1.82) is 0 Å². The molecule has 0 radical (unpaired) electrons. The van der Waals surface area contributed by atoms with Crippen molar-refractivity contribution in [2.75, 3.05) is 0 Å². The largest absolute Gasteiger partial charge is 0.481 e. The van der Waals surface area contributed by atoms with Gasteiger partial charge in [0, 0.05) is 0 Å². The van der Waals surface area contributed by atoms with Crippen LogP contribution in [0.2, 0.25) is 0 Å². The molecule has 0 saturated carbocycles. The first-order chi connectivity index (χ1) is 10.4. The lowest BCUT2D eigenvalue weighted by atomic mass is 9.72. The molecular weight excluding hydrogens is 324 g/mol. The number of hydrogen-bond donors (Lipinski definition) is 6. The second-order valence-electron chi connectivity index (χ2n) is 4.56. The number of rotatable bonds is 10. The van der Waals surface area contributed by atoms with E-state index >= 15 is 0 Å². The molecule has 0 aromatic rings. The van der Waals surface area contributed by atoms with Crippen molar-refractivity contribution in [2.45, 2.75) is 12.8 Å². The fraction of sp³-hybridized carbons (Fsp3) is 0.455. The number of carboxylic acids is 6. The predicted molar refractivity (Wildman–Crippen MR) is 64.5 cm³/mol. The van der Waals surface area contributed by atoms with Crippen LogP contribution in [0.4, 0.5) is 0 Å². The molecule has 0 rings (SSSR count). The topological polar surface area (TPSA) is 224 Å². The van der Waals surface area contributed by atoms with E-state index in [0.717, 1.165) is 0 Å². The van der Waals surface area contributed by atoms with Gasteiger partial charge in [0.2, 0.25) is 0 Å². The first-order valence-corrected chi connectivity index (χ1v) is 5.74. The predicted octanol–water partition coefficient (Wildman–Crippen LogP) is -1.51. The Hall–Kier alpha value is -3.18. The molecule has 12 nitrogen and oxygen atoms in total. The molecular formula is C11H12O12. The Morgan fingerprint density at radius 2 is 0.783 bits per heavy atom. The van der Waals surface area contributed by atoms with E-state index in [1.165, 1.54) is 0 Å². The van der Waals surface area contributed by atoms with Crippen LogP contribution in [0.1, 0.15) is 12.8 Å². The van der Waals surface area contributed by atoms with Crippen molar-refractivity contribution in [2.24, 2.45) is 17.3 Å². The van der Waals surface area contributed by atoms with Crippen LogP contribution in [0.5, 0.6) is 0 Å². The molecule has 0 aromatic carbocycles. The summed E-state index contributed by atoms with van der Waals surface area (Å²) in [6.07, 6.45) is -3.06. The number of hydrogen-bond acceptors (Lipinski definition) is 6. The minimum Gasteiger partial charge on any atom is -0.481 e. The van der Waals surface area contributed by atoms with Gasteiger partial charge in [-0.25, -0.2) is 0 Å². The first kappa shape index (κ1) is 19.8. The number of aliphatic carboxylic acids is 6. The second-order valence-corrected chi connectivity index (χ2v) is 4.56. The van der Waals surface area contributed by atoms with E-state index in [9.17, 15) is 28.8 Å². The van der Waals surface area contributed by atoms with Crippen LogP contribution in [-0.4, -0.2) is 66.5 Å². The van der Waals surface area contributed by atoms with Gasteiger partial charge >= 0.3 is 35.8 Å². The van der Waals surface area contributed by atoms with E-state index in [-0.39, 0.29) is 0 Å². The Morgan fingerprint density at radius 1 is 0.565 bits per heavy atom. The Bertz CT molecular complexity index is 483. The molecule has 23 heavy (non-hydrogen) atoms. The fourth-order valence-electron chi connectivity index (χ4n) is 1.78. The summed E-state index contributed by atoms with van der Waals surface area (Å²) in [5.74, 6) is -17.7. The smallest absolute Gasteiger partial charge is 0.321 e. The summed E-state index contributed by atoms with van der Waals surface area (Å²) in [7, 11) is 0. The Labute approximate surface area is 126 Å². The zero-order valence-corrected chi connectivity index (χ0v) is 11.2. The fourth-order valence-corrected chi connectivity index (χ4v) is 1.78. The molecule has 0 heterocycles. The monoisotopic (exact) mass is 336 g/mol. The van der Waals surface area contributed by atoms with Crippen LogP contribution in [0.15, 0.2) is 0 Å². The zero-order chi connectivity index (χ0) is 18.5. The molecule has 0 aliphatic rings. The maximum atomic E-state index is 11.3. The maximum absolute atomic E-state index is 11.3. The highest BCUT2D eigenvalue weighted by atomic mass is 16.4. The molecule has 6 N–H and O–H groups in total. The third kappa shape index (κ3) is 4.39. The van der Waals surface area contributed by atoms with Gasteiger partial charge in [-0.2, -0.15) is 0 Å². The third-order valence-electron chi connectivity index (χ3n) is 3.12. The van der Waals surface area contributed by atoms with Crippen molar-refractivity contribution in [3.05, 3.63) is 0 Å². The van der Waals surface area contributed by atoms with E-state index in [1.54, 1.807) is 0 Å². The van der Waals surface area contributed by atoms with Crippen molar-refractivity contribution in [3.63, 3.8) is 0 Å². The third-order valence-corrected chi connectivity index (χ3v) is 3.12. The van der Waals surface area contributed by atoms with E-state index in [4.69, 9.17) is 30.6 Å². The van der Waals surface area contributed by atoms with Gasteiger partial charge in [0.25, 0.3) is 0 Å². The van der Waals surface area contributed by atoms with Gasteiger partial charge in [-0.05, 0) is 12.8 Å². The number of carbonyl (C=O) groups is 6. The summed E-state index contributed by atoms with van der Waals surface area (Å²) in [6.45, 7) is 0. The SMILES string of the molecule is O=C(O)C(CC(CC(C(=O)O)C(=O)O)(C(=O)O)C(=O)O)C(=O)O. The zero-order valence-electron chi connectivity index (χ0n) is 11.2. The van der Waals surface area contributed by atoms with Crippen molar-refractivity contribution >= 4 is 35.8 Å². The van der Waals surface area contributed by atoms with E-state index in [2.05, 4.69) is 0 Å². The van der Waals surface area contributed by atoms with Crippen LogP contribution in [0, 0.1) is 17.3 Å². The lowest BCUT2D eigenvalue weighted by Gasteiger charge is -2.27. The summed E-state index contributed by atoms with van der Waals surface area (Å²) < 4.78 is 0. The van der Waals surface area contributed by atoms with Crippen LogP contribution in [0.3, 0.4) is 0 Å². The summed E-state index contributed by atoms with van der Waals surface area (Å²) in [5, 5.41) is 53.0. The van der Waals surface area contributed by atoms with Gasteiger partial charge < -0.3 is 30.6 Å². The minimum absolute atomic E-state index is 1.53. The summed E-state index contributed by atoms with van der Waals surface area (Å²) >= 11 is 0. The average molecular weight is 336 g/mol. The van der Waals surface area contributed by atoms with Crippen LogP contribution in [0.25, 0.3) is 0 Å². The summed E-state index contributed by atoms with van der Waals surface area (Å²) in [6, 6.07) is 0. The molecule has 0 atom stereocenters. The molecule has 12 heteroatoms. The highest BCUT2D eigenvalue weighted by Crippen LogP contribution is 2.35. The quantitative estimate of drug-likeness (QED) is 0.250. The van der Waals surface area contributed by atoms with E-state index in [1.807, 2.05) is 0 Å². The minimum atomic E-state index is -3.22. The summed E-state index contributed by atoms with van der Waals surface area (Å²) in [4.78, 5) is 65.8. The highest BCUT2D eigenvalue weighted by Gasteiger charge is 2.54. The Balaban J connectivity index is 6.02. The Morgan fingerprint density at radius 3 is 0.913 bits per heavy atom. The van der Waals surface area contributed by atoms with Gasteiger partial charge in [0.05, 0.1) is 0 Å². The lowest BCUT2D eigenvalue weighted by Crippen LogP contribution is -2.47. The molecule has 0 unspecified atom stereocenters. The van der Waals surface area contributed by atoms with E-state index in [0.29, 0.717) is 0 Å². The van der Waals surface area contributed by atoms with Crippen molar-refractivity contribution in [1.82, 2.24) is 0 Å². The standard InChI is InChI=1S/C11H12O12/c12-5(13)3(6(14)15)1-11(9(20)21,10(22)23)2-4(7(16)17)8(18)19/h3-4H,1-2H2,(H,12,13)(H,14,15)(H,16,17)(H,18,19)(H,20,21)(H,22,23). The van der Waals surface area contributed by atoms with Gasteiger partial charge in [-0.15, -0.1) is 0 Å². The van der Waals surface area contributed by atoms with Crippen LogP contribution >= 0.6 is 0 Å². The van der Waals surface area contributed by atoms with Crippen LogP contribution in [-0.2, 0) is 28.8 Å². The highest BCUT2D eigenvalue weighted by molar-refractivity contribution is 6.03.